The van der Waals surface area contributed by atoms with Crippen LogP contribution in [0.15, 0.2) is 53.0 Å². The van der Waals surface area contributed by atoms with Crippen LogP contribution < -0.4 is 9.47 Å². The summed E-state index contributed by atoms with van der Waals surface area (Å²) in [5.74, 6) is 1.37. The molecule has 0 heterocycles. The number of ether oxygens (including phenoxy) is 2. The molecule has 2 rings (SSSR count). The van der Waals surface area contributed by atoms with E-state index in [0.29, 0.717) is 24.5 Å². The fourth-order valence-corrected chi connectivity index (χ4v) is 2.13. The molecule has 104 valence electrons. The van der Waals surface area contributed by atoms with E-state index in [1.807, 2.05) is 36.4 Å². The van der Waals surface area contributed by atoms with Crippen LogP contribution in [0.5, 0.6) is 11.5 Å². The summed E-state index contributed by atoms with van der Waals surface area (Å²) in [5, 5.41) is 0. The SMILES string of the molecule is CC(=O)c1ccccc1OCCOc1cccc(Br)c1. The number of ketones is 1. The molecule has 0 bridgehead atoms. The van der Waals surface area contributed by atoms with Gasteiger partial charge in [0.05, 0.1) is 5.56 Å². The van der Waals surface area contributed by atoms with E-state index in [1.54, 1.807) is 12.1 Å². The number of hydrogen-bond acceptors (Lipinski definition) is 3. The maximum atomic E-state index is 11.4. The smallest absolute Gasteiger partial charge is 0.163 e. The molecular weight excluding hydrogens is 320 g/mol. The zero-order chi connectivity index (χ0) is 14.4. The molecule has 0 aliphatic heterocycles. The number of rotatable bonds is 6. The second-order valence-electron chi connectivity index (χ2n) is 4.21. The van der Waals surface area contributed by atoms with E-state index in [9.17, 15) is 4.79 Å². The zero-order valence-electron chi connectivity index (χ0n) is 11.1. The van der Waals surface area contributed by atoms with Gasteiger partial charge < -0.3 is 9.47 Å². The Morgan fingerprint density at radius 2 is 1.80 bits per heavy atom. The Labute approximate surface area is 126 Å². The van der Waals surface area contributed by atoms with Crippen LogP contribution in [-0.4, -0.2) is 19.0 Å². The minimum Gasteiger partial charge on any atom is -0.490 e. The van der Waals surface area contributed by atoms with Gasteiger partial charge in [0.25, 0.3) is 0 Å². The van der Waals surface area contributed by atoms with E-state index in [-0.39, 0.29) is 5.78 Å². The van der Waals surface area contributed by atoms with Crippen LogP contribution >= 0.6 is 15.9 Å². The Balaban J connectivity index is 1.86. The van der Waals surface area contributed by atoms with E-state index in [0.717, 1.165) is 10.2 Å². The Morgan fingerprint density at radius 3 is 2.55 bits per heavy atom. The van der Waals surface area contributed by atoms with E-state index < -0.39 is 0 Å². The molecule has 0 N–H and O–H groups in total. The molecule has 0 aromatic heterocycles. The summed E-state index contributed by atoms with van der Waals surface area (Å²) in [7, 11) is 0. The Bertz CT molecular complexity index is 596. The number of para-hydroxylation sites is 1. The summed E-state index contributed by atoms with van der Waals surface area (Å²) in [4.78, 5) is 11.4. The lowest BCUT2D eigenvalue weighted by Gasteiger charge is -2.10. The van der Waals surface area contributed by atoms with E-state index in [4.69, 9.17) is 9.47 Å². The van der Waals surface area contributed by atoms with Crippen LogP contribution in [0, 0.1) is 0 Å². The molecule has 20 heavy (non-hydrogen) atoms. The molecule has 0 spiro atoms. The predicted molar refractivity (Wildman–Crippen MR) is 81.6 cm³/mol. The van der Waals surface area contributed by atoms with Crippen LogP contribution in [0.4, 0.5) is 0 Å². The van der Waals surface area contributed by atoms with Crippen molar-refractivity contribution in [2.45, 2.75) is 6.92 Å². The maximum absolute atomic E-state index is 11.4. The van der Waals surface area contributed by atoms with Gasteiger partial charge in [-0.1, -0.05) is 34.1 Å². The third kappa shape index (κ3) is 4.10. The number of carbonyl (C=O) groups excluding carboxylic acids is 1. The minimum absolute atomic E-state index is 0.00601. The van der Waals surface area contributed by atoms with Gasteiger partial charge in [-0.25, -0.2) is 0 Å². The molecule has 0 aliphatic carbocycles. The Hall–Kier alpha value is -1.81. The summed E-state index contributed by atoms with van der Waals surface area (Å²) < 4.78 is 12.1. The quantitative estimate of drug-likeness (QED) is 0.589. The molecule has 0 unspecified atom stereocenters. The van der Waals surface area contributed by atoms with Gasteiger partial charge in [0.15, 0.2) is 5.78 Å². The van der Waals surface area contributed by atoms with Crippen molar-refractivity contribution in [3.63, 3.8) is 0 Å². The highest BCUT2D eigenvalue weighted by Crippen LogP contribution is 2.19. The van der Waals surface area contributed by atoms with Gasteiger partial charge in [-0.05, 0) is 37.3 Å². The summed E-state index contributed by atoms with van der Waals surface area (Å²) in [6, 6.07) is 14.8. The van der Waals surface area contributed by atoms with Crippen molar-refractivity contribution in [3.05, 3.63) is 58.6 Å². The highest BCUT2D eigenvalue weighted by molar-refractivity contribution is 9.10. The van der Waals surface area contributed by atoms with Crippen molar-refractivity contribution in [2.24, 2.45) is 0 Å². The van der Waals surface area contributed by atoms with E-state index in [2.05, 4.69) is 15.9 Å². The monoisotopic (exact) mass is 334 g/mol. The van der Waals surface area contributed by atoms with Gasteiger partial charge in [-0.3, -0.25) is 4.79 Å². The molecule has 0 atom stereocenters. The predicted octanol–water partition coefficient (Wildman–Crippen LogP) is 4.11. The Morgan fingerprint density at radius 1 is 1.05 bits per heavy atom. The van der Waals surface area contributed by atoms with Crippen molar-refractivity contribution >= 4 is 21.7 Å². The number of halogens is 1. The molecule has 0 saturated heterocycles. The second kappa shape index (κ2) is 7.10. The zero-order valence-corrected chi connectivity index (χ0v) is 12.7. The lowest BCUT2D eigenvalue weighted by molar-refractivity contribution is 0.101. The first kappa shape index (κ1) is 14.6. The topological polar surface area (TPSA) is 35.5 Å². The average Bonchev–Trinajstić information content (AvgIpc) is 2.44. The fraction of sp³-hybridized carbons (Fsp3) is 0.188. The molecule has 0 saturated carbocycles. The van der Waals surface area contributed by atoms with Gasteiger partial charge in [-0.2, -0.15) is 0 Å². The normalized spacial score (nSPS) is 10.1. The van der Waals surface area contributed by atoms with Crippen LogP contribution in [0.3, 0.4) is 0 Å². The average molecular weight is 335 g/mol. The third-order valence-corrected chi connectivity index (χ3v) is 3.17. The van der Waals surface area contributed by atoms with Crippen molar-refractivity contribution in [2.75, 3.05) is 13.2 Å². The van der Waals surface area contributed by atoms with E-state index in [1.165, 1.54) is 6.92 Å². The maximum Gasteiger partial charge on any atom is 0.163 e. The van der Waals surface area contributed by atoms with Crippen LogP contribution in [0.25, 0.3) is 0 Å². The molecule has 0 aliphatic rings. The lowest BCUT2D eigenvalue weighted by atomic mass is 10.1. The summed E-state index contributed by atoms with van der Waals surface area (Å²) in [5.41, 5.74) is 0.593. The minimum atomic E-state index is -0.00601. The van der Waals surface area contributed by atoms with Crippen LogP contribution in [0.2, 0.25) is 0 Å². The summed E-state index contributed by atoms with van der Waals surface area (Å²) in [6.07, 6.45) is 0. The third-order valence-electron chi connectivity index (χ3n) is 2.67. The van der Waals surface area contributed by atoms with Crippen molar-refractivity contribution < 1.29 is 14.3 Å². The number of carbonyl (C=O) groups is 1. The summed E-state index contributed by atoms with van der Waals surface area (Å²) in [6.45, 7) is 2.33. The Kier molecular flexibility index (Phi) is 5.18. The molecule has 2 aromatic carbocycles. The first-order chi connectivity index (χ1) is 9.66. The molecular formula is C16H15BrO3. The molecule has 0 fully saturated rings. The number of Topliss-reactive ketones (excluding diaryl/α,β-unsaturated/α-hetero) is 1. The molecule has 4 heteroatoms. The van der Waals surface area contributed by atoms with Crippen LogP contribution in [0.1, 0.15) is 17.3 Å². The van der Waals surface area contributed by atoms with E-state index >= 15 is 0 Å². The van der Waals surface area contributed by atoms with Crippen molar-refractivity contribution in [1.29, 1.82) is 0 Å². The molecule has 0 amide bonds. The number of benzene rings is 2. The van der Waals surface area contributed by atoms with Crippen LogP contribution in [-0.2, 0) is 0 Å². The van der Waals surface area contributed by atoms with Crippen molar-refractivity contribution in [3.8, 4) is 11.5 Å². The highest BCUT2D eigenvalue weighted by Gasteiger charge is 2.06. The largest absolute Gasteiger partial charge is 0.490 e. The van der Waals surface area contributed by atoms with Gasteiger partial charge in [-0.15, -0.1) is 0 Å². The lowest BCUT2D eigenvalue weighted by Crippen LogP contribution is -2.10. The fourth-order valence-electron chi connectivity index (χ4n) is 1.75. The first-order valence-corrected chi connectivity index (χ1v) is 7.07. The van der Waals surface area contributed by atoms with Gasteiger partial charge in [0.2, 0.25) is 0 Å². The summed E-state index contributed by atoms with van der Waals surface area (Å²) >= 11 is 3.38. The standard InChI is InChI=1S/C16H15BrO3/c1-12(18)15-7-2-3-8-16(15)20-10-9-19-14-6-4-5-13(17)11-14/h2-8,11H,9-10H2,1H3. The molecule has 2 aromatic rings. The molecule has 0 radical (unpaired) electrons. The van der Waals surface area contributed by atoms with Gasteiger partial charge in [0.1, 0.15) is 24.7 Å². The van der Waals surface area contributed by atoms with Gasteiger partial charge >= 0.3 is 0 Å². The van der Waals surface area contributed by atoms with Gasteiger partial charge in [0, 0.05) is 4.47 Å². The first-order valence-electron chi connectivity index (χ1n) is 6.28. The highest BCUT2D eigenvalue weighted by atomic mass is 79.9. The van der Waals surface area contributed by atoms with Crippen molar-refractivity contribution in [1.82, 2.24) is 0 Å². The number of hydrogen-bond donors (Lipinski definition) is 0. The second-order valence-corrected chi connectivity index (χ2v) is 5.12. The molecule has 3 nitrogen and oxygen atoms in total.